The summed E-state index contributed by atoms with van der Waals surface area (Å²) in [5.41, 5.74) is 1.19. The van der Waals surface area contributed by atoms with Crippen LogP contribution in [0, 0.1) is 0 Å². The van der Waals surface area contributed by atoms with Crippen LogP contribution in [0.4, 0.5) is 5.69 Å². The Labute approximate surface area is 177 Å². The molecule has 2 aromatic rings. The van der Waals surface area contributed by atoms with Gasteiger partial charge in [-0.3, -0.25) is 0 Å². The molecule has 4 rings (SSSR count). The minimum atomic E-state index is 0.573. The molecule has 0 unspecified atom stereocenters. The first-order valence-corrected chi connectivity index (χ1v) is 11.1. The number of fused-ring (bicyclic) bond motifs is 1. The number of hydrogen-bond acceptors (Lipinski definition) is 4. The van der Waals surface area contributed by atoms with E-state index in [9.17, 15) is 0 Å². The van der Waals surface area contributed by atoms with E-state index in [0.717, 1.165) is 68.3 Å². The molecule has 1 saturated heterocycles. The van der Waals surface area contributed by atoms with Crippen molar-refractivity contribution >= 4 is 23.2 Å². The molecule has 2 aliphatic rings. The molecule has 0 aliphatic carbocycles. The maximum atomic E-state index is 6.16. The molecule has 0 radical (unpaired) electrons. The quantitative estimate of drug-likeness (QED) is 0.614. The lowest BCUT2D eigenvalue weighted by Gasteiger charge is -2.37. The van der Waals surface area contributed by atoms with E-state index in [1.54, 1.807) is 0 Å². The van der Waals surface area contributed by atoms with E-state index in [0.29, 0.717) is 6.54 Å². The van der Waals surface area contributed by atoms with Gasteiger partial charge in [-0.25, -0.2) is 4.99 Å². The molecule has 1 aromatic heterocycles. The lowest BCUT2D eigenvalue weighted by molar-refractivity contribution is 0.372. The zero-order valence-corrected chi connectivity index (χ0v) is 17.9. The van der Waals surface area contributed by atoms with Gasteiger partial charge in [0.25, 0.3) is 0 Å². The molecule has 0 atom stereocenters. The Bertz CT molecular complexity index is 839. The molecule has 1 aromatic carbocycles. The van der Waals surface area contributed by atoms with Gasteiger partial charge in [0.05, 0.1) is 0 Å². The van der Waals surface area contributed by atoms with E-state index in [1.165, 1.54) is 24.9 Å². The Morgan fingerprint density at radius 3 is 2.76 bits per heavy atom. The molecule has 8 heteroatoms. The fraction of sp³-hybridized carbons (Fsp3) is 0.571. The first-order valence-electron chi connectivity index (χ1n) is 10.7. The number of guanidine groups is 1. The zero-order valence-electron chi connectivity index (χ0n) is 17.1. The molecule has 0 saturated carbocycles. The van der Waals surface area contributed by atoms with Crippen LogP contribution < -0.4 is 10.2 Å². The van der Waals surface area contributed by atoms with Crippen molar-refractivity contribution in [3.63, 3.8) is 0 Å². The van der Waals surface area contributed by atoms with Crippen molar-refractivity contribution in [2.75, 3.05) is 37.6 Å². The van der Waals surface area contributed by atoms with Crippen molar-refractivity contribution in [1.29, 1.82) is 0 Å². The Balaban J connectivity index is 1.41. The molecule has 156 valence electrons. The van der Waals surface area contributed by atoms with Gasteiger partial charge < -0.3 is 19.7 Å². The first kappa shape index (κ1) is 20.0. The summed E-state index contributed by atoms with van der Waals surface area (Å²) >= 11 is 6.16. The molecule has 0 spiro atoms. The average Bonchev–Trinajstić information content (AvgIpc) is 2.97. The SMILES string of the molecule is CCNC(=NCc1nnc2n1CCCCC2)N1CCN(c2cccc(Cl)c2)CC1. The lowest BCUT2D eigenvalue weighted by Crippen LogP contribution is -2.52. The van der Waals surface area contributed by atoms with Crippen molar-refractivity contribution in [2.45, 2.75) is 45.7 Å². The summed E-state index contributed by atoms with van der Waals surface area (Å²) in [5, 5.41) is 13.0. The standard InChI is InChI=1S/C21H30ClN7/c1-2-23-21(24-16-20-26-25-19-9-4-3-5-10-29(19)20)28-13-11-27(12-14-28)18-8-6-7-17(22)15-18/h6-8,15H,2-5,9-14,16H2,1H3,(H,23,24). The molecule has 29 heavy (non-hydrogen) atoms. The molecule has 7 nitrogen and oxygen atoms in total. The van der Waals surface area contributed by atoms with Crippen LogP contribution in [0.25, 0.3) is 0 Å². The Morgan fingerprint density at radius 2 is 1.97 bits per heavy atom. The number of aromatic nitrogens is 3. The number of aliphatic imine (C=N–C) groups is 1. The summed E-state index contributed by atoms with van der Waals surface area (Å²) < 4.78 is 2.27. The maximum absolute atomic E-state index is 6.16. The summed E-state index contributed by atoms with van der Waals surface area (Å²) in [6.45, 7) is 8.31. The van der Waals surface area contributed by atoms with Gasteiger partial charge in [-0.1, -0.05) is 24.1 Å². The number of piperazine rings is 1. The maximum Gasteiger partial charge on any atom is 0.194 e. The topological polar surface area (TPSA) is 61.6 Å². The van der Waals surface area contributed by atoms with Gasteiger partial charge in [0.2, 0.25) is 0 Å². The molecule has 0 bridgehead atoms. The Kier molecular flexibility index (Phi) is 6.54. The molecule has 2 aliphatic heterocycles. The minimum absolute atomic E-state index is 0.573. The smallest absolute Gasteiger partial charge is 0.194 e. The number of anilines is 1. The van der Waals surface area contributed by atoms with E-state index in [-0.39, 0.29) is 0 Å². The van der Waals surface area contributed by atoms with Crippen LogP contribution >= 0.6 is 11.6 Å². The number of aryl methyl sites for hydroxylation is 1. The number of nitrogens with zero attached hydrogens (tertiary/aromatic N) is 6. The molecule has 1 fully saturated rings. The van der Waals surface area contributed by atoms with Gasteiger partial charge >= 0.3 is 0 Å². The van der Waals surface area contributed by atoms with Gasteiger partial charge in [0.15, 0.2) is 11.8 Å². The average molecular weight is 416 g/mol. The predicted octanol–water partition coefficient (Wildman–Crippen LogP) is 2.95. The van der Waals surface area contributed by atoms with Gasteiger partial charge in [0, 0.05) is 56.4 Å². The Hall–Kier alpha value is -2.28. The number of hydrogen-bond donors (Lipinski definition) is 1. The summed E-state index contributed by atoms with van der Waals surface area (Å²) in [6, 6.07) is 8.09. The highest BCUT2D eigenvalue weighted by Gasteiger charge is 2.21. The van der Waals surface area contributed by atoms with E-state index in [4.69, 9.17) is 16.6 Å². The third-order valence-electron chi connectivity index (χ3n) is 5.64. The van der Waals surface area contributed by atoms with Crippen LogP contribution in [0.5, 0.6) is 0 Å². The second-order valence-corrected chi connectivity index (χ2v) is 8.06. The van der Waals surface area contributed by atoms with Gasteiger partial charge in [0.1, 0.15) is 12.4 Å². The largest absolute Gasteiger partial charge is 0.368 e. The van der Waals surface area contributed by atoms with Crippen LogP contribution in [-0.2, 0) is 19.5 Å². The molecular formula is C21H30ClN7. The van der Waals surface area contributed by atoms with Crippen LogP contribution in [0.1, 0.15) is 37.8 Å². The number of halogens is 1. The first-order chi connectivity index (χ1) is 14.2. The zero-order chi connectivity index (χ0) is 20.1. The van der Waals surface area contributed by atoms with Crippen LogP contribution in [0.2, 0.25) is 5.02 Å². The highest BCUT2D eigenvalue weighted by Crippen LogP contribution is 2.21. The van der Waals surface area contributed by atoms with Crippen LogP contribution in [0.15, 0.2) is 29.3 Å². The highest BCUT2D eigenvalue weighted by molar-refractivity contribution is 6.30. The molecule has 0 amide bonds. The van der Waals surface area contributed by atoms with Gasteiger partial charge in [-0.2, -0.15) is 0 Å². The summed E-state index contributed by atoms with van der Waals surface area (Å²) in [7, 11) is 0. The number of nitrogens with one attached hydrogen (secondary N) is 1. The van der Waals surface area contributed by atoms with E-state index in [2.05, 4.69) is 42.9 Å². The monoisotopic (exact) mass is 415 g/mol. The van der Waals surface area contributed by atoms with E-state index in [1.807, 2.05) is 18.2 Å². The number of rotatable bonds is 4. The van der Waals surface area contributed by atoms with Crippen LogP contribution in [0.3, 0.4) is 0 Å². The summed E-state index contributed by atoms with van der Waals surface area (Å²) in [4.78, 5) is 9.62. The van der Waals surface area contributed by atoms with Crippen LogP contribution in [-0.4, -0.2) is 58.3 Å². The summed E-state index contributed by atoms with van der Waals surface area (Å²) in [5.74, 6) is 3.06. The third-order valence-corrected chi connectivity index (χ3v) is 5.88. The minimum Gasteiger partial charge on any atom is -0.368 e. The normalized spacial score (nSPS) is 17.8. The second-order valence-electron chi connectivity index (χ2n) is 7.62. The van der Waals surface area contributed by atoms with Crippen molar-refractivity contribution < 1.29 is 0 Å². The fourth-order valence-corrected chi connectivity index (χ4v) is 4.27. The second kappa shape index (κ2) is 9.48. The summed E-state index contributed by atoms with van der Waals surface area (Å²) in [6.07, 6.45) is 4.71. The van der Waals surface area contributed by atoms with Gasteiger partial charge in [-0.05, 0) is 38.0 Å². The highest BCUT2D eigenvalue weighted by atomic mass is 35.5. The van der Waals surface area contributed by atoms with Gasteiger partial charge in [-0.15, -0.1) is 10.2 Å². The number of benzene rings is 1. The third kappa shape index (κ3) is 4.83. The Morgan fingerprint density at radius 1 is 1.10 bits per heavy atom. The fourth-order valence-electron chi connectivity index (χ4n) is 4.08. The van der Waals surface area contributed by atoms with E-state index < -0.39 is 0 Å². The van der Waals surface area contributed by atoms with Crippen molar-refractivity contribution in [2.24, 2.45) is 4.99 Å². The molecule has 1 N–H and O–H groups in total. The molecular weight excluding hydrogens is 386 g/mol. The van der Waals surface area contributed by atoms with Crippen molar-refractivity contribution in [3.8, 4) is 0 Å². The van der Waals surface area contributed by atoms with Crippen molar-refractivity contribution in [1.82, 2.24) is 25.0 Å². The predicted molar refractivity (Wildman–Crippen MR) is 118 cm³/mol. The molecule has 3 heterocycles. The lowest BCUT2D eigenvalue weighted by atomic mass is 10.2. The van der Waals surface area contributed by atoms with E-state index >= 15 is 0 Å². The van der Waals surface area contributed by atoms with Crippen molar-refractivity contribution in [3.05, 3.63) is 40.9 Å².